The Morgan fingerprint density at radius 2 is 1.88 bits per heavy atom. The summed E-state index contributed by atoms with van der Waals surface area (Å²) in [4.78, 5) is 14.2. The van der Waals surface area contributed by atoms with E-state index in [-0.39, 0.29) is 11.3 Å². The first-order chi connectivity index (χ1) is 12.6. The van der Waals surface area contributed by atoms with Gasteiger partial charge in [0, 0.05) is 24.0 Å². The smallest absolute Gasteiger partial charge is 0.248 e. The fourth-order valence-electron chi connectivity index (χ4n) is 5.11. The van der Waals surface area contributed by atoms with Crippen LogP contribution in [0.3, 0.4) is 0 Å². The average molecular weight is 356 g/mol. The average Bonchev–Trinajstić information content (AvgIpc) is 3.31. The monoisotopic (exact) mass is 356 g/mol. The third-order valence-electron chi connectivity index (χ3n) is 6.41. The first-order valence-electron chi connectivity index (χ1n) is 9.90. The summed E-state index contributed by atoms with van der Waals surface area (Å²) in [5, 5.41) is 25.1. The number of aromatic amines is 1. The molecular weight excluding hydrogens is 328 g/mol. The highest BCUT2D eigenvalue weighted by molar-refractivity contribution is 5.87. The van der Waals surface area contributed by atoms with Crippen LogP contribution in [0.1, 0.15) is 56.6 Å². The van der Waals surface area contributed by atoms with Crippen LogP contribution in [0.5, 0.6) is 5.75 Å². The molecule has 2 fully saturated rings. The van der Waals surface area contributed by atoms with Gasteiger partial charge in [-0.15, -0.1) is 0 Å². The number of phenolic OH excluding ortho intramolecular Hbond substituents is 1. The second-order valence-electron chi connectivity index (χ2n) is 7.96. The number of pyridine rings is 1. The van der Waals surface area contributed by atoms with Crippen molar-refractivity contribution in [3.05, 3.63) is 40.2 Å². The van der Waals surface area contributed by atoms with Crippen LogP contribution in [-0.2, 0) is 0 Å². The summed E-state index contributed by atoms with van der Waals surface area (Å²) >= 11 is 0. The molecule has 2 aromatic rings. The van der Waals surface area contributed by atoms with Gasteiger partial charge >= 0.3 is 0 Å². The van der Waals surface area contributed by atoms with Gasteiger partial charge in [0.2, 0.25) is 5.56 Å². The Labute approximate surface area is 153 Å². The molecule has 2 saturated carbocycles. The Balaban J connectivity index is 1.48. The standard InChI is InChI=1S/C21H28N2O3/c24-18-10-8-15(16-9-11-20(26)23-21(16)18)19(25)12-22-17-7-3-6-14(17)13-4-1-2-5-13/h8-11,13-14,17,19,22,24-25H,1-7,12H2,(H,23,26)/t14-,17-,19-/m0/s1. The van der Waals surface area contributed by atoms with E-state index >= 15 is 0 Å². The van der Waals surface area contributed by atoms with Crippen LogP contribution in [-0.4, -0.2) is 27.8 Å². The lowest BCUT2D eigenvalue weighted by atomic mass is 9.86. The van der Waals surface area contributed by atoms with Crippen molar-refractivity contribution in [1.82, 2.24) is 10.3 Å². The zero-order chi connectivity index (χ0) is 18.1. The van der Waals surface area contributed by atoms with E-state index in [4.69, 9.17) is 0 Å². The number of benzene rings is 1. The van der Waals surface area contributed by atoms with Gasteiger partial charge in [0.25, 0.3) is 0 Å². The number of rotatable bonds is 5. The van der Waals surface area contributed by atoms with Crippen LogP contribution in [0, 0.1) is 11.8 Å². The molecule has 0 spiro atoms. The number of hydrogen-bond donors (Lipinski definition) is 4. The Morgan fingerprint density at radius 3 is 2.69 bits per heavy atom. The maximum Gasteiger partial charge on any atom is 0.248 e. The molecule has 2 aliphatic carbocycles. The Hall–Kier alpha value is -1.85. The molecule has 1 heterocycles. The van der Waals surface area contributed by atoms with Crippen molar-refractivity contribution in [2.24, 2.45) is 11.8 Å². The van der Waals surface area contributed by atoms with Crippen LogP contribution < -0.4 is 10.9 Å². The lowest BCUT2D eigenvalue weighted by molar-refractivity contribution is 0.162. The molecule has 0 aliphatic heterocycles. The normalized spacial score (nSPS) is 25.1. The molecule has 4 N–H and O–H groups in total. The van der Waals surface area contributed by atoms with Crippen LogP contribution in [0.4, 0.5) is 0 Å². The van der Waals surface area contributed by atoms with Crippen LogP contribution >= 0.6 is 0 Å². The number of phenols is 1. The predicted octanol–water partition coefficient (Wildman–Crippen LogP) is 3.22. The number of nitrogens with one attached hydrogen (secondary N) is 2. The largest absolute Gasteiger partial charge is 0.506 e. The Kier molecular flexibility index (Phi) is 5.00. The van der Waals surface area contributed by atoms with E-state index in [1.807, 2.05) is 0 Å². The topological polar surface area (TPSA) is 85.3 Å². The molecule has 4 rings (SSSR count). The van der Waals surface area contributed by atoms with Gasteiger partial charge in [0.05, 0.1) is 11.6 Å². The molecule has 3 atom stereocenters. The molecule has 1 aromatic heterocycles. The molecule has 5 nitrogen and oxygen atoms in total. The number of aromatic nitrogens is 1. The van der Waals surface area contributed by atoms with Crippen molar-refractivity contribution in [2.45, 2.75) is 57.1 Å². The van der Waals surface area contributed by atoms with E-state index in [1.165, 1.54) is 57.1 Å². The first-order valence-corrected chi connectivity index (χ1v) is 9.90. The maximum absolute atomic E-state index is 11.5. The van der Waals surface area contributed by atoms with Gasteiger partial charge in [0.1, 0.15) is 5.75 Å². The Bertz CT molecular complexity index is 826. The van der Waals surface area contributed by atoms with E-state index in [0.29, 0.717) is 23.5 Å². The van der Waals surface area contributed by atoms with E-state index in [1.54, 1.807) is 12.1 Å². The summed E-state index contributed by atoms with van der Waals surface area (Å²) < 4.78 is 0. The molecule has 0 unspecified atom stereocenters. The van der Waals surface area contributed by atoms with Gasteiger partial charge in [-0.25, -0.2) is 0 Å². The van der Waals surface area contributed by atoms with Gasteiger partial charge in [0.15, 0.2) is 0 Å². The highest BCUT2D eigenvalue weighted by atomic mass is 16.3. The van der Waals surface area contributed by atoms with Crippen molar-refractivity contribution in [1.29, 1.82) is 0 Å². The number of aromatic hydroxyl groups is 1. The lowest BCUT2D eigenvalue weighted by Crippen LogP contribution is -2.37. The summed E-state index contributed by atoms with van der Waals surface area (Å²) in [5.41, 5.74) is 0.860. The van der Waals surface area contributed by atoms with Gasteiger partial charge in [-0.2, -0.15) is 0 Å². The van der Waals surface area contributed by atoms with Gasteiger partial charge in [-0.1, -0.05) is 38.2 Å². The second kappa shape index (κ2) is 7.41. The van der Waals surface area contributed by atoms with E-state index < -0.39 is 6.10 Å². The summed E-state index contributed by atoms with van der Waals surface area (Å²) in [6, 6.07) is 6.87. The quantitative estimate of drug-likeness (QED) is 0.663. The van der Waals surface area contributed by atoms with Crippen LogP contribution in [0.25, 0.3) is 10.9 Å². The number of fused-ring (bicyclic) bond motifs is 1. The summed E-state index contributed by atoms with van der Waals surface area (Å²) in [6.45, 7) is 0.493. The molecule has 0 bridgehead atoms. The number of aliphatic hydroxyl groups excluding tert-OH is 1. The lowest BCUT2D eigenvalue weighted by Gasteiger charge is -2.27. The van der Waals surface area contributed by atoms with Gasteiger partial charge in [-0.3, -0.25) is 4.79 Å². The molecule has 0 saturated heterocycles. The molecule has 26 heavy (non-hydrogen) atoms. The molecule has 2 aliphatic rings. The number of H-pyrrole nitrogens is 1. The molecular formula is C21H28N2O3. The Morgan fingerprint density at radius 1 is 1.08 bits per heavy atom. The first kappa shape index (κ1) is 17.6. The minimum Gasteiger partial charge on any atom is -0.506 e. The van der Waals surface area contributed by atoms with Crippen molar-refractivity contribution < 1.29 is 10.2 Å². The van der Waals surface area contributed by atoms with Crippen molar-refractivity contribution in [3.8, 4) is 5.75 Å². The van der Waals surface area contributed by atoms with Gasteiger partial charge in [-0.05, 0) is 42.4 Å². The van der Waals surface area contributed by atoms with Crippen LogP contribution in [0.15, 0.2) is 29.1 Å². The maximum atomic E-state index is 11.5. The van der Waals surface area contributed by atoms with E-state index in [9.17, 15) is 15.0 Å². The molecule has 1 aromatic carbocycles. The molecule has 0 amide bonds. The molecule has 5 heteroatoms. The minimum atomic E-state index is -0.672. The zero-order valence-corrected chi connectivity index (χ0v) is 15.1. The third kappa shape index (κ3) is 3.38. The van der Waals surface area contributed by atoms with Crippen molar-refractivity contribution >= 4 is 10.9 Å². The van der Waals surface area contributed by atoms with Gasteiger partial charge < -0.3 is 20.5 Å². The van der Waals surface area contributed by atoms with Crippen molar-refractivity contribution in [2.75, 3.05) is 6.54 Å². The highest BCUT2D eigenvalue weighted by Gasteiger charge is 2.34. The minimum absolute atomic E-state index is 0.0266. The highest BCUT2D eigenvalue weighted by Crippen LogP contribution is 2.40. The summed E-state index contributed by atoms with van der Waals surface area (Å²) in [6.07, 6.45) is 8.57. The third-order valence-corrected chi connectivity index (χ3v) is 6.41. The summed E-state index contributed by atoms with van der Waals surface area (Å²) in [5.74, 6) is 1.63. The number of hydrogen-bond acceptors (Lipinski definition) is 4. The van der Waals surface area contributed by atoms with Crippen LogP contribution in [0.2, 0.25) is 0 Å². The predicted molar refractivity (Wildman–Crippen MR) is 102 cm³/mol. The molecule has 140 valence electrons. The second-order valence-corrected chi connectivity index (χ2v) is 7.96. The van der Waals surface area contributed by atoms with E-state index in [0.717, 1.165) is 17.4 Å². The zero-order valence-electron chi connectivity index (χ0n) is 15.1. The van der Waals surface area contributed by atoms with E-state index in [2.05, 4.69) is 10.3 Å². The fourth-order valence-corrected chi connectivity index (χ4v) is 5.11. The number of aliphatic hydroxyl groups is 1. The molecule has 0 radical (unpaired) electrons. The van der Waals surface area contributed by atoms with Crippen molar-refractivity contribution in [3.63, 3.8) is 0 Å². The SMILES string of the molecule is O=c1ccc2c([C@@H](O)CN[C@H]3CCC[C@H]3C3CCCC3)ccc(O)c2[nH]1. The fraction of sp³-hybridized carbons (Fsp3) is 0.571. The summed E-state index contributed by atoms with van der Waals surface area (Å²) in [7, 11) is 0.